The molecule has 1 heterocycles. The molecule has 0 atom stereocenters. The number of anilines is 3. The predicted octanol–water partition coefficient (Wildman–Crippen LogP) is 14.0. The highest BCUT2D eigenvalue weighted by atomic mass is 15.1. The average molecular weight is 667 g/mol. The molecule has 0 fully saturated rings. The van der Waals surface area contributed by atoms with E-state index >= 15 is 0 Å². The molecule has 9 aromatic rings. The SMILES string of the molecule is CCn1c2ccccc2c2c(-c3cccc(-c4ccccc4N(c4ccc(-c5ccccc5)cc4)c4ccc(-c5ccccc5)cc4)c3)cccc21. The molecule has 248 valence electrons. The van der Waals surface area contributed by atoms with Crippen molar-refractivity contribution in [2.45, 2.75) is 13.5 Å². The zero-order valence-electron chi connectivity index (χ0n) is 29.2. The Balaban J connectivity index is 1.18. The van der Waals surface area contributed by atoms with Crippen LogP contribution in [-0.4, -0.2) is 4.57 Å². The summed E-state index contributed by atoms with van der Waals surface area (Å²) in [7, 11) is 0. The summed E-state index contributed by atoms with van der Waals surface area (Å²) < 4.78 is 2.43. The Morgan fingerprint density at radius 2 is 0.846 bits per heavy atom. The van der Waals surface area contributed by atoms with Gasteiger partial charge in [0, 0.05) is 45.3 Å². The molecule has 0 radical (unpaired) electrons. The van der Waals surface area contributed by atoms with Gasteiger partial charge in [0.25, 0.3) is 0 Å². The van der Waals surface area contributed by atoms with Crippen molar-refractivity contribution in [1.29, 1.82) is 0 Å². The van der Waals surface area contributed by atoms with E-state index in [0.717, 1.165) is 23.6 Å². The number of para-hydroxylation sites is 2. The van der Waals surface area contributed by atoms with Gasteiger partial charge in [-0.25, -0.2) is 0 Å². The summed E-state index contributed by atoms with van der Waals surface area (Å²) >= 11 is 0. The van der Waals surface area contributed by atoms with Crippen molar-refractivity contribution >= 4 is 38.9 Å². The topological polar surface area (TPSA) is 8.17 Å². The summed E-state index contributed by atoms with van der Waals surface area (Å²) in [6.45, 7) is 3.15. The van der Waals surface area contributed by atoms with Crippen LogP contribution >= 0.6 is 0 Å². The van der Waals surface area contributed by atoms with Gasteiger partial charge >= 0.3 is 0 Å². The minimum absolute atomic E-state index is 0.926. The van der Waals surface area contributed by atoms with Gasteiger partial charge in [0.05, 0.1) is 5.69 Å². The molecule has 0 amide bonds. The van der Waals surface area contributed by atoms with Gasteiger partial charge in [-0.05, 0) is 94.4 Å². The second kappa shape index (κ2) is 13.6. The highest BCUT2D eigenvalue weighted by Crippen LogP contribution is 2.43. The lowest BCUT2D eigenvalue weighted by Crippen LogP contribution is -2.11. The molecule has 0 bridgehead atoms. The third-order valence-corrected chi connectivity index (χ3v) is 10.2. The van der Waals surface area contributed by atoms with Gasteiger partial charge in [-0.15, -0.1) is 0 Å². The first-order chi connectivity index (χ1) is 25.8. The molecule has 52 heavy (non-hydrogen) atoms. The maximum absolute atomic E-state index is 2.43. The highest BCUT2D eigenvalue weighted by molar-refractivity contribution is 6.15. The molecule has 2 heteroatoms. The number of benzene rings is 8. The number of aryl methyl sites for hydroxylation is 1. The Labute approximate surface area is 305 Å². The third kappa shape index (κ3) is 5.65. The Kier molecular flexibility index (Phi) is 8.19. The van der Waals surface area contributed by atoms with E-state index in [2.05, 4.69) is 217 Å². The largest absolute Gasteiger partial charge is 0.341 e. The molecular formula is C50H38N2. The van der Waals surface area contributed by atoms with E-state index in [1.165, 1.54) is 66.3 Å². The van der Waals surface area contributed by atoms with Crippen molar-refractivity contribution in [2.24, 2.45) is 0 Å². The van der Waals surface area contributed by atoms with Crippen LogP contribution in [0.2, 0.25) is 0 Å². The summed E-state index contributed by atoms with van der Waals surface area (Å²) in [5, 5.41) is 2.61. The van der Waals surface area contributed by atoms with Crippen LogP contribution in [-0.2, 0) is 6.54 Å². The zero-order chi connectivity index (χ0) is 34.9. The molecule has 0 aliphatic rings. The second-order valence-corrected chi connectivity index (χ2v) is 13.2. The lowest BCUT2D eigenvalue weighted by atomic mass is 9.94. The van der Waals surface area contributed by atoms with Gasteiger partial charge in [-0.3, -0.25) is 0 Å². The molecule has 0 unspecified atom stereocenters. The minimum Gasteiger partial charge on any atom is -0.341 e. The molecule has 0 spiro atoms. The molecule has 0 saturated heterocycles. The molecule has 9 rings (SSSR count). The van der Waals surface area contributed by atoms with E-state index in [1.807, 2.05) is 0 Å². The van der Waals surface area contributed by atoms with Crippen molar-refractivity contribution in [3.63, 3.8) is 0 Å². The number of aromatic nitrogens is 1. The lowest BCUT2D eigenvalue weighted by molar-refractivity contribution is 0.827. The zero-order valence-corrected chi connectivity index (χ0v) is 29.2. The Morgan fingerprint density at radius 3 is 1.48 bits per heavy atom. The number of hydrogen-bond acceptors (Lipinski definition) is 1. The fourth-order valence-electron chi connectivity index (χ4n) is 7.74. The van der Waals surface area contributed by atoms with Gasteiger partial charge in [-0.1, -0.05) is 152 Å². The van der Waals surface area contributed by atoms with E-state index in [0.29, 0.717) is 0 Å². The Bertz CT molecular complexity index is 2550. The van der Waals surface area contributed by atoms with Crippen molar-refractivity contribution in [3.05, 3.63) is 200 Å². The minimum atomic E-state index is 0.926. The van der Waals surface area contributed by atoms with Crippen LogP contribution in [0.5, 0.6) is 0 Å². The maximum atomic E-state index is 2.43. The molecule has 0 N–H and O–H groups in total. The highest BCUT2D eigenvalue weighted by Gasteiger charge is 2.19. The van der Waals surface area contributed by atoms with Gasteiger partial charge < -0.3 is 9.47 Å². The van der Waals surface area contributed by atoms with E-state index in [9.17, 15) is 0 Å². The first kappa shape index (κ1) is 31.3. The van der Waals surface area contributed by atoms with E-state index in [4.69, 9.17) is 0 Å². The molecule has 0 aliphatic heterocycles. The molecule has 2 nitrogen and oxygen atoms in total. The van der Waals surface area contributed by atoms with Crippen molar-refractivity contribution in [2.75, 3.05) is 4.90 Å². The monoisotopic (exact) mass is 666 g/mol. The maximum Gasteiger partial charge on any atom is 0.0540 e. The molecule has 8 aromatic carbocycles. The number of fused-ring (bicyclic) bond motifs is 3. The summed E-state index contributed by atoms with van der Waals surface area (Å²) in [5.41, 5.74) is 15.5. The number of rotatable bonds is 8. The quantitative estimate of drug-likeness (QED) is 0.157. The van der Waals surface area contributed by atoms with Crippen LogP contribution in [0.1, 0.15) is 6.92 Å². The van der Waals surface area contributed by atoms with Crippen molar-refractivity contribution < 1.29 is 0 Å². The second-order valence-electron chi connectivity index (χ2n) is 13.2. The summed E-state index contributed by atoms with van der Waals surface area (Å²) in [5.74, 6) is 0. The first-order valence-corrected chi connectivity index (χ1v) is 18.1. The smallest absolute Gasteiger partial charge is 0.0540 e. The van der Waals surface area contributed by atoms with Crippen LogP contribution in [0.25, 0.3) is 66.3 Å². The van der Waals surface area contributed by atoms with Gasteiger partial charge in [-0.2, -0.15) is 0 Å². The van der Waals surface area contributed by atoms with E-state index in [-0.39, 0.29) is 0 Å². The third-order valence-electron chi connectivity index (χ3n) is 10.2. The van der Waals surface area contributed by atoms with E-state index in [1.54, 1.807) is 0 Å². The fraction of sp³-hybridized carbons (Fsp3) is 0.0400. The first-order valence-electron chi connectivity index (χ1n) is 18.1. The van der Waals surface area contributed by atoms with Crippen LogP contribution in [0.4, 0.5) is 17.1 Å². The Hall–Kier alpha value is -6.64. The van der Waals surface area contributed by atoms with E-state index < -0.39 is 0 Å². The van der Waals surface area contributed by atoms with Gasteiger partial charge in [0.1, 0.15) is 0 Å². The van der Waals surface area contributed by atoms with Gasteiger partial charge in [0.15, 0.2) is 0 Å². The fourth-order valence-corrected chi connectivity index (χ4v) is 7.74. The number of hydrogen-bond donors (Lipinski definition) is 0. The van der Waals surface area contributed by atoms with Crippen LogP contribution < -0.4 is 4.90 Å². The summed E-state index contributed by atoms with van der Waals surface area (Å²) in [6, 6.07) is 72.4. The van der Waals surface area contributed by atoms with Crippen molar-refractivity contribution in [3.8, 4) is 44.5 Å². The number of nitrogens with zero attached hydrogens (tertiary/aromatic N) is 2. The lowest BCUT2D eigenvalue weighted by Gasteiger charge is -2.28. The summed E-state index contributed by atoms with van der Waals surface area (Å²) in [4.78, 5) is 2.39. The van der Waals surface area contributed by atoms with Gasteiger partial charge in [0.2, 0.25) is 0 Å². The summed E-state index contributed by atoms with van der Waals surface area (Å²) in [6.07, 6.45) is 0. The standard InChI is InChI=1S/C50H38N2/c1-2-51-47-24-11-10-22-46(47)50-45(23-14-26-49(50)51)41-20-13-19-40(35-41)44-21-9-12-25-48(44)52(42-31-27-38(28-32-42)36-15-5-3-6-16-36)43-33-29-39(30-34-43)37-17-7-4-8-18-37/h3-35H,2H2,1H3. The molecule has 1 aromatic heterocycles. The normalized spacial score (nSPS) is 11.2. The molecular weight excluding hydrogens is 629 g/mol. The van der Waals surface area contributed by atoms with Crippen LogP contribution in [0.3, 0.4) is 0 Å². The average Bonchev–Trinajstić information content (AvgIpc) is 3.56. The van der Waals surface area contributed by atoms with Crippen molar-refractivity contribution in [1.82, 2.24) is 4.57 Å². The Morgan fingerprint density at radius 1 is 0.385 bits per heavy atom. The predicted molar refractivity (Wildman–Crippen MR) is 222 cm³/mol. The molecule has 0 aliphatic carbocycles. The van der Waals surface area contributed by atoms with Crippen LogP contribution in [0.15, 0.2) is 200 Å². The molecule has 0 saturated carbocycles. The van der Waals surface area contributed by atoms with Crippen LogP contribution in [0, 0.1) is 0 Å².